The van der Waals surface area contributed by atoms with Crippen LogP contribution in [0.15, 0.2) is 64.5 Å². The Balaban J connectivity index is 1.78. The van der Waals surface area contributed by atoms with Crippen molar-refractivity contribution >= 4 is 40.4 Å². The number of hydrogen-bond acceptors (Lipinski definition) is 5. The van der Waals surface area contributed by atoms with Crippen LogP contribution in [-0.4, -0.2) is 25.6 Å². The van der Waals surface area contributed by atoms with Crippen molar-refractivity contribution < 1.29 is 9.90 Å². The fourth-order valence-electron chi connectivity index (χ4n) is 4.05. The second kappa shape index (κ2) is 7.51. The monoisotopic (exact) mass is 449 g/mol. The Morgan fingerprint density at radius 1 is 1.13 bits per heavy atom. The lowest BCUT2D eigenvalue weighted by molar-refractivity contribution is 0.0693. The zero-order valence-corrected chi connectivity index (χ0v) is 17.9. The van der Waals surface area contributed by atoms with E-state index in [2.05, 4.69) is 9.97 Å². The maximum absolute atomic E-state index is 12.6. The smallest absolute Gasteiger partial charge is 0.341 e. The lowest BCUT2D eigenvalue weighted by Crippen LogP contribution is -2.24. The fourth-order valence-corrected chi connectivity index (χ4v) is 5.60. The van der Waals surface area contributed by atoms with E-state index in [9.17, 15) is 14.7 Å². The third-order valence-corrected chi connectivity index (χ3v) is 6.93. The van der Waals surface area contributed by atoms with Crippen LogP contribution in [0.2, 0.25) is 5.02 Å². The molecule has 0 unspecified atom stereocenters. The van der Waals surface area contributed by atoms with Crippen LogP contribution in [0, 0.1) is 6.92 Å². The van der Waals surface area contributed by atoms with Crippen LogP contribution in [0.4, 0.5) is 0 Å². The van der Waals surface area contributed by atoms with Gasteiger partial charge in [-0.3, -0.25) is 14.8 Å². The highest BCUT2D eigenvalue weighted by Crippen LogP contribution is 2.45. The summed E-state index contributed by atoms with van der Waals surface area (Å²) in [6, 6.07) is 12.7. The second-order valence-corrected chi connectivity index (χ2v) is 9.02. The average molecular weight is 450 g/mol. The van der Waals surface area contributed by atoms with Crippen LogP contribution < -0.4 is 5.43 Å². The molecule has 0 radical (unpaired) electrons. The molecule has 1 aliphatic heterocycles. The molecule has 5 rings (SSSR count). The van der Waals surface area contributed by atoms with Gasteiger partial charge in [-0.2, -0.15) is 0 Å². The summed E-state index contributed by atoms with van der Waals surface area (Å²) in [4.78, 5) is 34.3. The Hall–Kier alpha value is -3.16. The molecule has 0 bridgehead atoms. The molecular weight excluding hydrogens is 434 g/mol. The topological polar surface area (TPSA) is 85.1 Å². The highest BCUT2D eigenvalue weighted by Gasteiger charge is 2.29. The molecule has 4 aromatic rings. The standard InChI is InChI=1S/C23H16ClN3O3S/c1-12-8-19(28)22(23(29)30)18-11-20(13-2-4-15-16(9-13)26-7-6-25-15)31-21-10-14(24)3-5-17(21)27(12)18/h2-10,20H,11H2,1H3,(H,29,30)/t20-/m1/s1. The quantitative estimate of drug-likeness (QED) is 0.471. The number of halogens is 1. The molecule has 2 aromatic carbocycles. The van der Waals surface area contributed by atoms with Crippen molar-refractivity contribution in [3.05, 3.63) is 92.6 Å². The second-order valence-electron chi connectivity index (χ2n) is 7.34. The fraction of sp³-hybridized carbons (Fsp3) is 0.130. The van der Waals surface area contributed by atoms with Gasteiger partial charge < -0.3 is 9.67 Å². The summed E-state index contributed by atoms with van der Waals surface area (Å²) in [6.07, 6.45) is 3.65. The number of benzene rings is 2. The van der Waals surface area contributed by atoms with E-state index in [-0.39, 0.29) is 10.8 Å². The molecule has 0 amide bonds. The minimum atomic E-state index is -1.22. The molecular formula is C23H16ClN3O3S. The summed E-state index contributed by atoms with van der Waals surface area (Å²) in [5.41, 5.74) is 3.81. The number of aromatic nitrogens is 3. The van der Waals surface area contributed by atoms with Crippen molar-refractivity contribution in [2.24, 2.45) is 0 Å². The lowest BCUT2D eigenvalue weighted by Gasteiger charge is -2.19. The van der Waals surface area contributed by atoms with Crippen LogP contribution in [0.3, 0.4) is 0 Å². The molecule has 6 nitrogen and oxygen atoms in total. The summed E-state index contributed by atoms with van der Waals surface area (Å²) in [6.45, 7) is 1.81. The minimum Gasteiger partial charge on any atom is -0.477 e. The number of rotatable bonds is 2. The average Bonchev–Trinajstić information content (AvgIpc) is 2.90. The van der Waals surface area contributed by atoms with Gasteiger partial charge in [-0.25, -0.2) is 4.79 Å². The molecule has 1 N–H and O–H groups in total. The normalized spacial score (nSPS) is 15.2. The third kappa shape index (κ3) is 3.40. The molecule has 0 spiro atoms. The summed E-state index contributed by atoms with van der Waals surface area (Å²) in [5.74, 6) is -1.22. The number of thioether (sulfide) groups is 1. The van der Waals surface area contributed by atoms with Crippen molar-refractivity contribution in [1.82, 2.24) is 14.5 Å². The van der Waals surface area contributed by atoms with Gasteiger partial charge in [0, 0.05) is 51.4 Å². The molecule has 1 aliphatic rings. The predicted octanol–water partition coefficient (Wildman–Crippen LogP) is 4.83. The Labute approximate surface area is 186 Å². The van der Waals surface area contributed by atoms with E-state index < -0.39 is 11.4 Å². The first-order valence-electron chi connectivity index (χ1n) is 9.58. The highest BCUT2D eigenvalue weighted by atomic mass is 35.5. The Morgan fingerprint density at radius 2 is 1.90 bits per heavy atom. The largest absolute Gasteiger partial charge is 0.477 e. The zero-order valence-electron chi connectivity index (χ0n) is 16.4. The van der Waals surface area contributed by atoms with Gasteiger partial charge in [0.25, 0.3) is 0 Å². The van der Waals surface area contributed by atoms with Crippen LogP contribution in [-0.2, 0) is 6.42 Å². The zero-order chi connectivity index (χ0) is 21.7. The Bertz CT molecular complexity index is 1430. The van der Waals surface area contributed by atoms with E-state index in [0.717, 1.165) is 27.2 Å². The van der Waals surface area contributed by atoms with Gasteiger partial charge in [-0.05, 0) is 42.8 Å². The predicted molar refractivity (Wildman–Crippen MR) is 121 cm³/mol. The third-order valence-electron chi connectivity index (χ3n) is 5.39. The molecule has 3 heterocycles. The molecule has 2 aromatic heterocycles. The van der Waals surface area contributed by atoms with Crippen molar-refractivity contribution in [2.75, 3.05) is 0 Å². The van der Waals surface area contributed by atoms with Gasteiger partial charge in [0.15, 0.2) is 5.43 Å². The summed E-state index contributed by atoms with van der Waals surface area (Å²) >= 11 is 7.89. The van der Waals surface area contributed by atoms with Gasteiger partial charge in [0.1, 0.15) is 5.56 Å². The number of hydrogen-bond donors (Lipinski definition) is 1. The summed E-state index contributed by atoms with van der Waals surface area (Å²) in [5, 5.41) is 10.3. The Kier molecular flexibility index (Phi) is 4.79. The molecule has 0 fully saturated rings. The summed E-state index contributed by atoms with van der Waals surface area (Å²) < 4.78 is 1.87. The van der Waals surface area contributed by atoms with Crippen molar-refractivity contribution in [3.63, 3.8) is 0 Å². The first-order valence-corrected chi connectivity index (χ1v) is 10.8. The van der Waals surface area contributed by atoms with Crippen LogP contribution in [0.5, 0.6) is 0 Å². The number of fused-ring (bicyclic) bond motifs is 4. The number of nitrogens with zero attached hydrogens (tertiary/aromatic N) is 3. The van der Waals surface area contributed by atoms with Crippen LogP contribution in [0.25, 0.3) is 16.7 Å². The minimum absolute atomic E-state index is 0.142. The van der Waals surface area contributed by atoms with E-state index >= 15 is 0 Å². The molecule has 0 saturated heterocycles. The number of aromatic carboxylic acids is 1. The molecule has 0 aliphatic carbocycles. The van der Waals surface area contributed by atoms with Gasteiger partial charge in [0.05, 0.1) is 16.7 Å². The van der Waals surface area contributed by atoms with E-state index in [1.807, 2.05) is 41.8 Å². The number of carboxylic acid groups (broad SMARTS) is 1. The van der Waals surface area contributed by atoms with Crippen LogP contribution >= 0.6 is 23.4 Å². The number of carboxylic acids is 1. The van der Waals surface area contributed by atoms with E-state index in [0.29, 0.717) is 22.8 Å². The van der Waals surface area contributed by atoms with Gasteiger partial charge >= 0.3 is 5.97 Å². The first-order chi connectivity index (χ1) is 14.9. The molecule has 8 heteroatoms. The molecule has 31 heavy (non-hydrogen) atoms. The van der Waals surface area contributed by atoms with Crippen molar-refractivity contribution in [1.29, 1.82) is 0 Å². The Morgan fingerprint density at radius 3 is 2.68 bits per heavy atom. The number of aryl methyl sites for hydroxylation is 1. The highest BCUT2D eigenvalue weighted by molar-refractivity contribution is 7.99. The maximum atomic E-state index is 12.6. The van der Waals surface area contributed by atoms with Crippen LogP contribution in [0.1, 0.15) is 32.6 Å². The van der Waals surface area contributed by atoms with Crippen molar-refractivity contribution in [3.8, 4) is 5.69 Å². The molecule has 0 saturated carbocycles. The van der Waals surface area contributed by atoms with Gasteiger partial charge in [-0.15, -0.1) is 11.8 Å². The van der Waals surface area contributed by atoms with Gasteiger partial charge in [-0.1, -0.05) is 17.7 Å². The summed E-state index contributed by atoms with van der Waals surface area (Å²) in [7, 11) is 0. The van der Waals surface area contributed by atoms with E-state index in [1.54, 1.807) is 30.2 Å². The number of carbonyl (C=O) groups is 1. The maximum Gasteiger partial charge on any atom is 0.341 e. The number of pyridine rings is 1. The van der Waals surface area contributed by atoms with E-state index in [4.69, 9.17) is 11.6 Å². The van der Waals surface area contributed by atoms with Gasteiger partial charge in [0.2, 0.25) is 0 Å². The van der Waals surface area contributed by atoms with Crippen molar-refractivity contribution in [2.45, 2.75) is 23.5 Å². The molecule has 154 valence electrons. The van der Waals surface area contributed by atoms with E-state index in [1.165, 1.54) is 6.07 Å². The first kappa shape index (κ1) is 19.8. The SMILES string of the molecule is Cc1cc(=O)c(C(=O)O)c2n1-c1ccc(Cl)cc1S[C@@H](c1ccc3nccnc3c1)C2. The lowest BCUT2D eigenvalue weighted by atomic mass is 10.0. The molecule has 1 atom stereocenters.